The fourth-order valence-corrected chi connectivity index (χ4v) is 3.04. The van der Waals surface area contributed by atoms with Crippen molar-refractivity contribution in [2.75, 3.05) is 0 Å². The summed E-state index contributed by atoms with van der Waals surface area (Å²) >= 11 is 0. The zero-order valence-electron chi connectivity index (χ0n) is 13.0. The molecular weight excluding hydrogens is 324 g/mol. The highest BCUT2D eigenvalue weighted by atomic mass is 16.6. The number of aryl methyl sites for hydroxylation is 2. The maximum absolute atomic E-state index is 11.0. The monoisotopic (exact) mass is 336 g/mol. The second kappa shape index (κ2) is 5.52. The van der Waals surface area contributed by atoms with Crippen LogP contribution in [0.2, 0.25) is 0 Å². The summed E-state index contributed by atoms with van der Waals surface area (Å²) in [7, 11) is 0. The summed E-state index contributed by atoms with van der Waals surface area (Å²) in [5, 5.41) is 21.8. The molecule has 0 N–H and O–H groups in total. The van der Waals surface area contributed by atoms with Gasteiger partial charge in [-0.2, -0.15) is 0 Å². The predicted octanol–water partition coefficient (Wildman–Crippen LogP) is 3.45. The number of hydrogen-bond donors (Lipinski definition) is 0. The quantitative estimate of drug-likeness (QED) is 0.538. The molecule has 0 saturated carbocycles. The Morgan fingerprint density at radius 2 is 1.60 bits per heavy atom. The van der Waals surface area contributed by atoms with Crippen molar-refractivity contribution in [3.8, 4) is 16.9 Å². The molecule has 0 amide bonds. The Bertz CT molecular complexity index is 1010. The molecule has 3 aromatic rings. The largest absolute Gasteiger partial charge is 0.303 e. The van der Waals surface area contributed by atoms with Crippen LogP contribution in [0.4, 0.5) is 11.4 Å². The van der Waals surface area contributed by atoms with Crippen molar-refractivity contribution < 1.29 is 9.85 Å². The number of aromatic nitrogens is 2. The molecule has 2 aromatic carbocycles. The molecule has 0 saturated heterocycles. The molecule has 2 heterocycles. The molecule has 0 aliphatic carbocycles. The summed E-state index contributed by atoms with van der Waals surface area (Å²) in [6.45, 7) is 0. The second-order valence-electron chi connectivity index (χ2n) is 5.79. The van der Waals surface area contributed by atoms with Gasteiger partial charge >= 0.3 is 0 Å². The smallest absolute Gasteiger partial charge is 0.271 e. The maximum Gasteiger partial charge on any atom is 0.271 e. The van der Waals surface area contributed by atoms with Gasteiger partial charge < -0.3 is 4.57 Å². The molecule has 8 heteroatoms. The van der Waals surface area contributed by atoms with E-state index in [-0.39, 0.29) is 11.4 Å². The fourth-order valence-electron chi connectivity index (χ4n) is 3.04. The fraction of sp³-hybridized carbons (Fsp3) is 0.118. The molecule has 0 bridgehead atoms. The van der Waals surface area contributed by atoms with Crippen LogP contribution in [-0.4, -0.2) is 19.4 Å². The van der Waals surface area contributed by atoms with Crippen LogP contribution in [0.25, 0.3) is 16.9 Å². The van der Waals surface area contributed by atoms with Crippen LogP contribution in [-0.2, 0) is 12.8 Å². The van der Waals surface area contributed by atoms with Gasteiger partial charge in [-0.25, -0.2) is 4.98 Å². The minimum atomic E-state index is -0.447. The van der Waals surface area contributed by atoms with Gasteiger partial charge in [-0.15, -0.1) is 0 Å². The first-order chi connectivity index (χ1) is 12.0. The van der Waals surface area contributed by atoms with Crippen LogP contribution in [0.5, 0.6) is 0 Å². The van der Waals surface area contributed by atoms with Crippen molar-refractivity contribution in [1.82, 2.24) is 9.55 Å². The first-order valence-corrected chi connectivity index (χ1v) is 7.64. The molecule has 1 aliphatic heterocycles. The molecule has 1 aliphatic rings. The van der Waals surface area contributed by atoms with E-state index in [1.54, 1.807) is 24.3 Å². The highest BCUT2D eigenvalue weighted by Gasteiger charge is 2.21. The van der Waals surface area contributed by atoms with Crippen LogP contribution in [0.1, 0.15) is 11.4 Å². The SMILES string of the molecule is O=[N+]([O-])c1ccc(-c2cn3c(n2)CCc2ccc([N+](=O)[O-])cc2-3)cc1. The molecular formula is C17H12N4O4. The Balaban J connectivity index is 1.78. The van der Waals surface area contributed by atoms with E-state index in [1.165, 1.54) is 18.2 Å². The average molecular weight is 336 g/mol. The zero-order valence-corrected chi connectivity index (χ0v) is 13.0. The van der Waals surface area contributed by atoms with Crippen molar-refractivity contribution >= 4 is 11.4 Å². The number of benzene rings is 2. The van der Waals surface area contributed by atoms with Gasteiger partial charge in [0.15, 0.2) is 0 Å². The minimum absolute atomic E-state index is 0.0219. The number of imidazole rings is 1. The highest BCUT2D eigenvalue weighted by Crippen LogP contribution is 2.31. The van der Waals surface area contributed by atoms with Crippen LogP contribution in [0, 0.1) is 20.2 Å². The number of non-ortho nitro benzene ring substituents is 2. The number of nitro benzene ring substituents is 2. The van der Waals surface area contributed by atoms with E-state index in [2.05, 4.69) is 4.98 Å². The molecule has 0 atom stereocenters. The maximum atomic E-state index is 11.0. The lowest BCUT2D eigenvalue weighted by Crippen LogP contribution is -2.11. The number of nitro groups is 2. The summed E-state index contributed by atoms with van der Waals surface area (Å²) in [4.78, 5) is 25.5. The lowest BCUT2D eigenvalue weighted by atomic mass is 10.0. The number of nitrogens with zero attached hydrogens (tertiary/aromatic N) is 4. The van der Waals surface area contributed by atoms with Gasteiger partial charge in [-0.3, -0.25) is 20.2 Å². The molecule has 25 heavy (non-hydrogen) atoms. The van der Waals surface area contributed by atoms with Crippen LogP contribution in [0.3, 0.4) is 0 Å². The van der Waals surface area contributed by atoms with Crippen molar-refractivity contribution in [2.24, 2.45) is 0 Å². The lowest BCUT2D eigenvalue weighted by molar-refractivity contribution is -0.385. The third-order valence-corrected chi connectivity index (χ3v) is 4.31. The Kier molecular flexibility index (Phi) is 3.31. The van der Waals surface area contributed by atoms with Gasteiger partial charge in [0.25, 0.3) is 11.4 Å². The van der Waals surface area contributed by atoms with E-state index in [4.69, 9.17) is 0 Å². The summed E-state index contributed by atoms with van der Waals surface area (Å²) in [5.41, 5.74) is 3.30. The standard InChI is InChI=1S/C17H12N4O4/c22-20(23)13-5-1-11(2-6-13)15-10-19-16-9-14(21(24)25)7-3-12(16)4-8-17(19)18-15/h1-3,5-7,9-10H,4,8H2. The summed E-state index contributed by atoms with van der Waals surface area (Å²) in [6.07, 6.45) is 3.32. The van der Waals surface area contributed by atoms with E-state index in [0.29, 0.717) is 5.69 Å². The average Bonchev–Trinajstić information content (AvgIpc) is 3.06. The minimum Gasteiger partial charge on any atom is -0.303 e. The first kappa shape index (κ1) is 15.0. The van der Waals surface area contributed by atoms with E-state index >= 15 is 0 Å². The molecule has 4 rings (SSSR count). The van der Waals surface area contributed by atoms with E-state index in [0.717, 1.165) is 35.5 Å². The number of fused-ring (bicyclic) bond motifs is 3. The molecule has 0 radical (unpaired) electrons. The molecule has 124 valence electrons. The first-order valence-electron chi connectivity index (χ1n) is 7.64. The predicted molar refractivity (Wildman–Crippen MR) is 89.7 cm³/mol. The van der Waals surface area contributed by atoms with E-state index in [1.807, 2.05) is 10.8 Å². The van der Waals surface area contributed by atoms with Crippen LogP contribution in [0.15, 0.2) is 48.7 Å². The Morgan fingerprint density at radius 3 is 2.28 bits per heavy atom. The van der Waals surface area contributed by atoms with Crippen molar-refractivity contribution in [3.05, 3.63) is 80.3 Å². The Morgan fingerprint density at radius 1 is 0.920 bits per heavy atom. The van der Waals surface area contributed by atoms with E-state index < -0.39 is 9.85 Å². The van der Waals surface area contributed by atoms with Gasteiger partial charge in [0.2, 0.25) is 0 Å². The third kappa shape index (κ3) is 2.53. The second-order valence-corrected chi connectivity index (χ2v) is 5.79. The molecule has 0 fully saturated rings. The Hall–Kier alpha value is -3.55. The van der Waals surface area contributed by atoms with Crippen LogP contribution >= 0.6 is 0 Å². The third-order valence-electron chi connectivity index (χ3n) is 4.31. The zero-order chi connectivity index (χ0) is 17.6. The Labute approximate surface area is 141 Å². The topological polar surface area (TPSA) is 104 Å². The van der Waals surface area contributed by atoms with Gasteiger partial charge in [0, 0.05) is 42.4 Å². The molecule has 0 unspecified atom stereocenters. The van der Waals surface area contributed by atoms with Crippen molar-refractivity contribution in [2.45, 2.75) is 12.8 Å². The summed E-state index contributed by atoms with van der Waals surface area (Å²) in [6, 6.07) is 11.0. The summed E-state index contributed by atoms with van der Waals surface area (Å²) < 4.78 is 1.86. The van der Waals surface area contributed by atoms with Crippen molar-refractivity contribution in [3.63, 3.8) is 0 Å². The van der Waals surface area contributed by atoms with Gasteiger partial charge in [0.05, 0.1) is 21.2 Å². The van der Waals surface area contributed by atoms with Gasteiger partial charge in [-0.05, 0) is 24.1 Å². The van der Waals surface area contributed by atoms with Crippen molar-refractivity contribution in [1.29, 1.82) is 0 Å². The number of hydrogen-bond acceptors (Lipinski definition) is 5. The molecule has 0 spiro atoms. The van der Waals surface area contributed by atoms with E-state index in [9.17, 15) is 20.2 Å². The molecule has 8 nitrogen and oxygen atoms in total. The highest BCUT2D eigenvalue weighted by molar-refractivity contribution is 5.63. The molecule has 1 aromatic heterocycles. The normalized spacial score (nSPS) is 12.3. The van der Waals surface area contributed by atoms with Gasteiger partial charge in [-0.1, -0.05) is 6.07 Å². The summed E-state index contributed by atoms with van der Waals surface area (Å²) in [5.74, 6) is 0.821. The lowest BCUT2D eigenvalue weighted by Gasteiger charge is -2.17. The van der Waals surface area contributed by atoms with Gasteiger partial charge in [0.1, 0.15) is 5.82 Å². The number of rotatable bonds is 3. The van der Waals surface area contributed by atoms with Crippen LogP contribution < -0.4 is 0 Å².